The fraction of sp³-hybridized carbons (Fsp3) is 0.800. The molecule has 7 heteroatoms. The van der Waals surface area contributed by atoms with Crippen LogP contribution in [0.3, 0.4) is 0 Å². The van der Waals surface area contributed by atoms with E-state index in [4.69, 9.17) is 0 Å². The van der Waals surface area contributed by atoms with E-state index in [2.05, 4.69) is 25.0 Å². The third-order valence-corrected chi connectivity index (χ3v) is 6.09. The number of hydrogen-bond acceptors (Lipinski definition) is 3. The lowest BCUT2D eigenvalue weighted by atomic mass is 9.90. The quantitative estimate of drug-likeness (QED) is 0.782. The highest BCUT2D eigenvalue weighted by Gasteiger charge is 2.43. The van der Waals surface area contributed by atoms with Gasteiger partial charge in [-0.05, 0) is 44.2 Å². The van der Waals surface area contributed by atoms with Gasteiger partial charge in [-0.25, -0.2) is 8.78 Å². The van der Waals surface area contributed by atoms with E-state index in [1.54, 1.807) is 4.90 Å². The second kappa shape index (κ2) is 8.25. The van der Waals surface area contributed by atoms with Gasteiger partial charge >= 0.3 is 0 Å². The molecule has 1 amide bonds. The van der Waals surface area contributed by atoms with E-state index in [1.165, 1.54) is 0 Å². The van der Waals surface area contributed by atoms with E-state index in [9.17, 15) is 13.6 Å². The maximum absolute atomic E-state index is 14.1. The zero-order valence-electron chi connectivity index (χ0n) is 16.7. The molecule has 0 radical (unpaired) electrons. The molecule has 2 aliphatic heterocycles. The van der Waals surface area contributed by atoms with Crippen molar-refractivity contribution in [1.29, 1.82) is 0 Å². The van der Waals surface area contributed by atoms with Gasteiger partial charge in [-0.1, -0.05) is 20.8 Å². The minimum Gasteiger partial charge on any atom is -0.341 e. The van der Waals surface area contributed by atoms with Gasteiger partial charge in [-0.2, -0.15) is 5.10 Å². The molecule has 0 aliphatic carbocycles. The van der Waals surface area contributed by atoms with E-state index in [0.717, 1.165) is 18.5 Å². The molecule has 3 heterocycles. The van der Waals surface area contributed by atoms with Gasteiger partial charge < -0.3 is 4.90 Å². The van der Waals surface area contributed by atoms with E-state index < -0.39 is 11.8 Å². The highest BCUT2D eigenvalue weighted by atomic mass is 19.3. The monoisotopic (exact) mass is 382 g/mol. The summed E-state index contributed by atoms with van der Waals surface area (Å²) in [7, 11) is 0. The van der Waals surface area contributed by atoms with Crippen molar-refractivity contribution in [2.45, 2.75) is 64.3 Å². The molecule has 0 N–H and O–H groups in total. The second-order valence-corrected chi connectivity index (χ2v) is 8.35. The Labute approximate surface area is 160 Å². The SMILES string of the molecule is CCC1CCN(CC(=O)N2CCC(n3ccc(C(C)C)n3)CC2)CC1(F)F. The van der Waals surface area contributed by atoms with Crippen molar-refractivity contribution in [3.63, 3.8) is 0 Å². The second-order valence-electron chi connectivity index (χ2n) is 8.35. The van der Waals surface area contributed by atoms with Crippen LogP contribution in [0.1, 0.15) is 64.1 Å². The summed E-state index contributed by atoms with van der Waals surface area (Å²) in [6.07, 6.45) is 4.71. The molecule has 27 heavy (non-hydrogen) atoms. The van der Waals surface area contributed by atoms with Crippen molar-refractivity contribution in [2.24, 2.45) is 5.92 Å². The Hall–Kier alpha value is -1.50. The predicted molar refractivity (Wildman–Crippen MR) is 101 cm³/mol. The molecule has 1 unspecified atom stereocenters. The third-order valence-electron chi connectivity index (χ3n) is 6.09. The number of likely N-dealkylation sites (tertiary alicyclic amines) is 2. The normalized spacial score (nSPS) is 24.5. The first-order chi connectivity index (χ1) is 12.8. The Morgan fingerprint density at radius 2 is 1.96 bits per heavy atom. The molecule has 0 spiro atoms. The molecule has 152 valence electrons. The number of aromatic nitrogens is 2. The summed E-state index contributed by atoms with van der Waals surface area (Å²) in [4.78, 5) is 16.0. The first-order valence-corrected chi connectivity index (χ1v) is 10.2. The van der Waals surface area contributed by atoms with Crippen LogP contribution in [-0.2, 0) is 4.79 Å². The van der Waals surface area contributed by atoms with Crippen LogP contribution in [0.15, 0.2) is 12.3 Å². The standard InChI is InChI=1S/C20H32F2N4O/c1-4-16-5-9-24(14-20(16,21)22)13-19(27)25-10-6-17(7-11-25)26-12-8-18(23-26)15(2)3/h8,12,15-17H,4-7,9-11,13-14H2,1-3H3. The van der Waals surface area contributed by atoms with E-state index in [0.29, 0.717) is 44.4 Å². The molecule has 2 aliphatic rings. The van der Waals surface area contributed by atoms with E-state index >= 15 is 0 Å². The number of amides is 1. The molecule has 0 saturated carbocycles. The van der Waals surface area contributed by atoms with Crippen LogP contribution >= 0.6 is 0 Å². The lowest BCUT2D eigenvalue weighted by Crippen LogP contribution is -2.52. The number of rotatable bonds is 5. The predicted octanol–water partition coefficient (Wildman–Crippen LogP) is 3.54. The molecular formula is C20H32F2N4O. The Morgan fingerprint density at radius 1 is 1.26 bits per heavy atom. The summed E-state index contributed by atoms with van der Waals surface area (Å²) in [5.41, 5.74) is 1.09. The van der Waals surface area contributed by atoms with Gasteiger partial charge in [0.1, 0.15) is 0 Å². The van der Waals surface area contributed by atoms with Crippen molar-refractivity contribution in [2.75, 3.05) is 32.7 Å². The minimum absolute atomic E-state index is 0.0254. The van der Waals surface area contributed by atoms with E-state index in [-0.39, 0.29) is 19.0 Å². The van der Waals surface area contributed by atoms with Crippen LogP contribution in [0.2, 0.25) is 0 Å². The molecule has 0 aromatic carbocycles. The first kappa shape index (κ1) is 20.2. The maximum atomic E-state index is 14.1. The molecule has 2 saturated heterocycles. The van der Waals surface area contributed by atoms with Gasteiger partial charge in [0, 0.05) is 25.2 Å². The van der Waals surface area contributed by atoms with E-state index in [1.807, 2.05) is 22.7 Å². The molecule has 1 atom stereocenters. The number of nitrogens with zero attached hydrogens (tertiary/aromatic N) is 4. The molecule has 0 bridgehead atoms. The molecular weight excluding hydrogens is 350 g/mol. The van der Waals surface area contributed by atoms with Crippen LogP contribution in [-0.4, -0.2) is 64.1 Å². The lowest BCUT2D eigenvalue weighted by Gasteiger charge is -2.39. The van der Waals surface area contributed by atoms with Crippen molar-refractivity contribution in [3.05, 3.63) is 18.0 Å². The molecule has 3 rings (SSSR count). The first-order valence-electron chi connectivity index (χ1n) is 10.2. The zero-order valence-corrected chi connectivity index (χ0v) is 16.7. The van der Waals surface area contributed by atoms with Crippen LogP contribution in [0.5, 0.6) is 0 Å². The minimum atomic E-state index is -2.69. The average molecular weight is 382 g/mol. The van der Waals surface area contributed by atoms with Gasteiger partial charge in [-0.3, -0.25) is 14.4 Å². The zero-order chi connectivity index (χ0) is 19.6. The van der Waals surface area contributed by atoms with Crippen molar-refractivity contribution >= 4 is 5.91 Å². The number of carbonyl (C=O) groups is 1. The molecule has 1 aromatic heterocycles. The Bertz CT molecular complexity index is 638. The van der Waals surface area contributed by atoms with Gasteiger partial charge in [0.2, 0.25) is 5.91 Å². The van der Waals surface area contributed by atoms with Crippen molar-refractivity contribution in [3.8, 4) is 0 Å². The summed E-state index contributed by atoms with van der Waals surface area (Å²) in [5, 5.41) is 4.65. The average Bonchev–Trinajstić information content (AvgIpc) is 3.11. The maximum Gasteiger partial charge on any atom is 0.263 e. The third kappa shape index (κ3) is 4.68. The lowest BCUT2D eigenvalue weighted by molar-refractivity contribution is -0.140. The van der Waals surface area contributed by atoms with Crippen LogP contribution in [0, 0.1) is 5.92 Å². The Morgan fingerprint density at radius 3 is 2.52 bits per heavy atom. The number of halogens is 2. The number of piperidine rings is 2. The highest BCUT2D eigenvalue weighted by Crippen LogP contribution is 2.35. The van der Waals surface area contributed by atoms with Gasteiger partial charge in [0.05, 0.1) is 24.8 Å². The van der Waals surface area contributed by atoms with Crippen LogP contribution < -0.4 is 0 Å². The molecule has 1 aromatic rings. The topological polar surface area (TPSA) is 41.4 Å². The van der Waals surface area contributed by atoms with Crippen molar-refractivity contribution < 1.29 is 13.6 Å². The van der Waals surface area contributed by atoms with Crippen LogP contribution in [0.25, 0.3) is 0 Å². The van der Waals surface area contributed by atoms with Crippen LogP contribution in [0.4, 0.5) is 8.78 Å². The number of alkyl halides is 2. The summed E-state index contributed by atoms with van der Waals surface area (Å²) >= 11 is 0. The smallest absolute Gasteiger partial charge is 0.263 e. The molecule has 5 nitrogen and oxygen atoms in total. The van der Waals surface area contributed by atoms with Gasteiger partial charge in [-0.15, -0.1) is 0 Å². The largest absolute Gasteiger partial charge is 0.341 e. The summed E-state index contributed by atoms with van der Waals surface area (Å²) in [5.74, 6) is -2.86. The van der Waals surface area contributed by atoms with Crippen molar-refractivity contribution in [1.82, 2.24) is 19.6 Å². The van der Waals surface area contributed by atoms with Gasteiger partial charge in [0.25, 0.3) is 5.92 Å². The summed E-state index contributed by atoms with van der Waals surface area (Å²) < 4.78 is 30.3. The molecule has 2 fully saturated rings. The fourth-order valence-electron chi connectivity index (χ4n) is 4.23. The number of hydrogen-bond donors (Lipinski definition) is 0. The highest BCUT2D eigenvalue weighted by molar-refractivity contribution is 5.78. The summed E-state index contributed by atoms with van der Waals surface area (Å²) in [6, 6.07) is 2.37. The Kier molecular flexibility index (Phi) is 6.18. The number of carbonyl (C=O) groups excluding carboxylic acids is 1. The fourth-order valence-corrected chi connectivity index (χ4v) is 4.23. The van der Waals surface area contributed by atoms with Gasteiger partial charge in [0.15, 0.2) is 0 Å². The Balaban J connectivity index is 1.48. The summed E-state index contributed by atoms with van der Waals surface area (Å²) in [6.45, 7) is 7.80.